The van der Waals surface area contributed by atoms with Gasteiger partial charge < -0.3 is 4.90 Å². The molecule has 0 bridgehead atoms. The van der Waals surface area contributed by atoms with Crippen molar-refractivity contribution in [2.75, 3.05) is 26.2 Å². The number of piperazine rings is 1. The van der Waals surface area contributed by atoms with Crippen LogP contribution in [0.3, 0.4) is 0 Å². The lowest BCUT2D eigenvalue weighted by molar-refractivity contribution is -0.134. The summed E-state index contributed by atoms with van der Waals surface area (Å²) in [7, 11) is 0. The fourth-order valence-corrected chi connectivity index (χ4v) is 3.67. The van der Waals surface area contributed by atoms with Gasteiger partial charge in [0, 0.05) is 49.1 Å². The van der Waals surface area contributed by atoms with E-state index in [0.717, 1.165) is 19.6 Å². The first-order valence-corrected chi connectivity index (χ1v) is 8.82. The number of ketones is 1. The Balaban J connectivity index is 1.49. The standard InChI is InChI=1S/C18H23ClN2O2/c19-15-6-4-14(5-7-15)17(22)8-9-18(23)21-12-11-20-10-2-1-3-16(20)13-21/h4-7,16H,1-3,8-13H2. The first-order chi connectivity index (χ1) is 11.1. The molecule has 124 valence electrons. The maximum absolute atomic E-state index is 12.4. The number of carbonyl (C=O) groups excluding carboxylic acids is 2. The lowest BCUT2D eigenvalue weighted by atomic mass is 9.99. The molecule has 1 aromatic rings. The molecule has 0 N–H and O–H groups in total. The molecule has 1 amide bonds. The van der Waals surface area contributed by atoms with Crippen LogP contribution in [-0.2, 0) is 4.79 Å². The van der Waals surface area contributed by atoms with Gasteiger partial charge in [0.15, 0.2) is 5.78 Å². The van der Waals surface area contributed by atoms with Crippen LogP contribution >= 0.6 is 11.6 Å². The Morgan fingerprint density at radius 1 is 1.04 bits per heavy atom. The molecule has 2 aliphatic rings. The highest BCUT2D eigenvalue weighted by atomic mass is 35.5. The first kappa shape index (κ1) is 16.5. The van der Waals surface area contributed by atoms with Gasteiger partial charge in [0.05, 0.1) is 0 Å². The molecule has 2 fully saturated rings. The Labute approximate surface area is 142 Å². The Morgan fingerprint density at radius 3 is 2.61 bits per heavy atom. The molecule has 0 aliphatic carbocycles. The van der Waals surface area contributed by atoms with Crippen molar-refractivity contribution in [1.29, 1.82) is 0 Å². The number of nitrogens with zero attached hydrogens (tertiary/aromatic N) is 2. The van der Waals surface area contributed by atoms with E-state index in [4.69, 9.17) is 11.6 Å². The van der Waals surface area contributed by atoms with E-state index in [-0.39, 0.29) is 18.1 Å². The zero-order valence-corrected chi connectivity index (χ0v) is 14.1. The van der Waals surface area contributed by atoms with E-state index in [0.29, 0.717) is 23.0 Å². The number of hydrogen-bond acceptors (Lipinski definition) is 3. The zero-order chi connectivity index (χ0) is 16.2. The van der Waals surface area contributed by atoms with Crippen LogP contribution in [0.15, 0.2) is 24.3 Å². The van der Waals surface area contributed by atoms with Crippen LogP contribution in [0.1, 0.15) is 42.5 Å². The van der Waals surface area contributed by atoms with Crippen LogP contribution in [0.25, 0.3) is 0 Å². The van der Waals surface area contributed by atoms with Gasteiger partial charge in [0.1, 0.15) is 0 Å². The van der Waals surface area contributed by atoms with Crippen LogP contribution < -0.4 is 0 Å². The Hall–Kier alpha value is -1.39. The first-order valence-electron chi connectivity index (χ1n) is 8.44. The molecule has 2 saturated heterocycles. The number of rotatable bonds is 4. The average molecular weight is 335 g/mol. The van der Waals surface area contributed by atoms with Crippen molar-refractivity contribution < 1.29 is 9.59 Å². The summed E-state index contributed by atoms with van der Waals surface area (Å²) in [5, 5.41) is 0.614. The fraction of sp³-hybridized carbons (Fsp3) is 0.556. The lowest BCUT2D eigenvalue weighted by Crippen LogP contribution is -2.56. The van der Waals surface area contributed by atoms with E-state index in [1.54, 1.807) is 24.3 Å². The molecule has 0 saturated carbocycles. The highest BCUT2D eigenvalue weighted by Gasteiger charge is 2.30. The van der Waals surface area contributed by atoms with Gasteiger partial charge in [-0.15, -0.1) is 0 Å². The largest absolute Gasteiger partial charge is 0.340 e. The van der Waals surface area contributed by atoms with Crippen molar-refractivity contribution in [3.63, 3.8) is 0 Å². The predicted octanol–water partition coefficient (Wildman–Crippen LogP) is 3.00. The van der Waals surface area contributed by atoms with Crippen molar-refractivity contribution in [3.8, 4) is 0 Å². The molecule has 0 aromatic heterocycles. The number of amides is 1. The van der Waals surface area contributed by atoms with Crippen molar-refractivity contribution >= 4 is 23.3 Å². The van der Waals surface area contributed by atoms with Crippen LogP contribution in [0, 0.1) is 0 Å². The van der Waals surface area contributed by atoms with Gasteiger partial charge in [-0.25, -0.2) is 0 Å². The third-order valence-corrected chi connectivity index (χ3v) is 5.17. The second-order valence-corrected chi connectivity index (χ2v) is 6.89. The minimum absolute atomic E-state index is 0.00585. The van der Waals surface area contributed by atoms with E-state index in [1.807, 2.05) is 4.90 Å². The van der Waals surface area contributed by atoms with Gasteiger partial charge in [-0.1, -0.05) is 18.0 Å². The summed E-state index contributed by atoms with van der Waals surface area (Å²) in [5.74, 6) is 0.115. The molecule has 1 aromatic carbocycles. The van der Waals surface area contributed by atoms with Crippen molar-refractivity contribution in [1.82, 2.24) is 9.80 Å². The summed E-state index contributed by atoms with van der Waals surface area (Å²) in [5.41, 5.74) is 0.624. The topological polar surface area (TPSA) is 40.6 Å². The van der Waals surface area contributed by atoms with Gasteiger partial charge in [-0.3, -0.25) is 14.5 Å². The quantitative estimate of drug-likeness (QED) is 0.795. The van der Waals surface area contributed by atoms with Crippen molar-refractivity contribution in [2.24, 2.45) is 0 Å². The fourth-order valence-electron chi connectivity index (χ4n) is 3.54. The number of carbonyl (C=O) groups is 2. The molecule has 1 atom stereocenters. The summed E-state index contributed by atoms with van der Waals surface area (Å²) < 4.78 is 0. The average Bonchev–Trinajstić information content (AvgIpc) is 2.59. The molecule has 0 spiro atoms. The molecule has 3 rings (SSSR count). The number of Topliss-reactive ketones (excluding diaryl/α,β-unsaturated/α-hetero) is 1. The third kappa shape index (κ3) is 4.12. The van der Waals surface area contributed by atoms with Gasteiger partial charge in [-0.05, 0) is 43.7 Å². The van der Waals surface area contributed by atoms with E-state index in [9.17, 15) is 9.59 Å². The molecule has 23 heavy (non-hydrogen) atoms. The molecular weight excluding hydrogens is 312 g/mol. The predicted molar refractivity (Wildman–Crippen MR) is 90.8 cm³/mol. The maximum atomic E-state index is 12.4. The smallest absolute Gasteiger partial charge is 0.223 e. The van der Waals surface area contributed by atoms with E-state index >= 15 is 0 Å². The summed E-state index contributed by atoms with van der Waals surface area (Å²) in [6, 6.07) is 7.37. The second-order valence-electron chi connectivity index (χ2n) is 6.46. The Bertz CT molecular complexity index is 573. The van der Waals surface area contributed by atoms with Gasteiger partial charge in [0.25, 0.3) is 0 Å². The molecule has 1 unspecified atom stereocenters. The van der Waals surface area contributed by atoms with Gasteiger partial charge in [-0.2, -0.15) is 0 Å². The number of halogens is 1. The minimum Gasteiger partial charge on any atom is -0.340 e. The Kier molecular flexibility index (Phi) is 5.34. The minimum atomic E-state index is 0.00585. The van der Waals surface area contributed by atoms with Gasteiger partial charge in [0.2, 0.25) is 5.91 Å². The highest BCUT2D eigenvalue weighted by Crippen LogP contribution is 2.21. The van der Waals surface area contributed by atoms with E-state index < -0.39 is 0 Å². The van der Waals surface area contributed by atoms with Crippen LogP contribution in [0.5, 0.6) is 0 Å². The molecule has 5 heteroatoms. The summed E-state index contributed by atoms with van der Waals surface area (Å²) in [4.78, 5) is 29.0. The summed E-state index contributed by atoms with van der Waals surface area (Å²) in [6.45, 7) is 3.77. The lowest BCUT2D eigenvalue weighted by Gasteiger charge is -2.44. The van der Waals surface area contributed by atoms with Gasteiger partial charge >= 0.3 is 0 Å². The molecular formula is C18H23ClN2O2. The third-order valence-electron chi connectivity index (χ3n) is 4.92. The molecule has 4 nitrogen and oxygen atoms in total. The highest BCUT2D eigenvalue weighted by molar-refractivity contribution is 6.30. The maximum Gasteiger partial charge on any atom is 0.223 e. The number of hydrogen-bond donors (Lipinski definition) is 0. The monoisotopic (exact) mass is 334 g/mol. The van der Waals surface area contributed by atoms with E-state index in [1.165, 1.54) is 25.8 Å². The van der Waals surface area contributed by atoms with Crippen molar-refractivity contribution in [2.45, 2.75) is 38.1 Å². The normalized spacial score (nSPS) is 21.8. The van der Waals surface area contributed by atoms with Crippen molar-refractivity contribution in [3.05, 3.63) is 34.9 Å². The molecule has 2 heterocycles. The Morgan fingerprint density at radius 2 is 1.83 bits per heavy atom. The van der Waals surface area contributed by atoms with Crippen LogP contribution in [0.4, 0.5) is 0 Å². The number of benzene rings is 1. The summed E-state index contributed by atoms with van der Waals surface area (Å²) >= 11 is 5.83. The molecule has 2 aliphatic heterocycles. The van der Waals surface area contributed by atoms with Crippen LogP contribution in [-0.4, -0.2) is 53.7 Å². The zero-order valence-electron chi connectivity index (χ0n) is 13.3. The second kappa shape index (κ2) is 7.45. The van der Waals surface area contributed by atoms with E-state index in [2.05, 4.69) is 4.90 Å². The molecule has 0 radical (unpaired) electrons. The number of piperidine rings is 1. The number of fused-ring (bicyclic) bond motifs is 1. The SMILES string of the molecule is O=C(CCC(=O)N1CCN2CCCCC2C1)c1ccc(Cl)cc1. The summed E-state index contributed by atoms with van der Waals surface area (Å²) in [6.07, 6.45) is 4.30. The van der Waals surface area contributed by atoms with Crippen LogP contribution in [0.2, 0.25) is 5.02 Å².